The maximum Gasteiger partial charge on any atom is 0.240 e. The second-order valence-electron chi connectivity index (χ2n) is 7.70. The van der Waals surface area contributed by atoms with E-state index < -0.39 is 10.0 Å². The lowest BCUT2D eigenvalue weighted by Gasteiger charge is -2.21. The van der Waals surface area contributed by atoms with Crippen LogP contribution in [0.15, 0.2) is 95.9 Å². The van der Waals surface area contributed by atoms with Crippen LogP contribution in [0.2, 0.25) is 0 Å². The van der Waals surface area contributed by atoms with Gasteiger partial charge in [0, 0.05) is 12.5 Å². The molecule has 0 aromatic heterocycles. The van der Waals surface area contributed by atoms with Crippen molar-refractivity contribution in [3.05, 3.63) is 113 Å². The Kier molecular flexibility index (Phi) is 5.71. The number of sulfonamides is 1. The van der Waals surface area contributed by atoms with Gasteiger partial charge in [-0.05, 0) is 47.9 Å². The first-order chi connectivity index (χ1) is 14.4. The second kappa shape index (κ2) is 8.42. The second-order valence-corrected chi connectivity index (χ2v) is 9.47. The maximum absolute atomic E-state index is 12.9. The fraction of sp³-hybridized carbons (Fsp3) is 0.154. The standard InChI is InChI=1S/C26H25NO2S/c1-19-12-14-23(15-13-19)30(28,29)27-18-26(21-8-4-3-5-9-21)25-17-20(2)16-22-10-6-7-11-24(22)25/h3-17,26-27H,18H2,1-2H3. The highest BCUT2D eigenvalue weighted by molar-refractivity contribution is 7.89. The van der Waals surface area contributed by atoms with E-state index >= 15 is 0 Å². The third-order valence-electron chi connectivity index (χ3n) is 5.42. The zero-order valence-electron chi connectivity index (χ0n) is 17.2. The monoisotopic (exact) mass is 415 g/mol. The predicted octanol–water partition coefficient (Wildman–Crippen LogP) is 5.57. The first kappa shape index (κ1) is 20.3. The van der Waals surface area contributed by atoms with Crippen molar-refractivity contribution < 1.29 is 8.42 Å². The molecule has 4 aromatic carbocycles. The van der Waals surface area contributed by atoms with Gasteiger partial charge >= 0.3 is 0 Å². The molecule has 0 spiro atoms. The largest absolute Gasteiger partial charge is 0.240 e. The summed E-state index contributed by atoms with van der Waals surface area (Å²) < 4.78 is 28.7. The zero-order valence-corrected chi connectivity index (χ0v) is 18.0. The molecule has 0 saturated carbocycles. The summed E-state index contributed by atoms with van der Waals surface area (Å²) in [6, 6.07) is 29.6. The third-order valence-corrected chi connectivity index (χ3v) is 6.86. The summed E-state index contributed by atoms with van der Waals surface area (Å²) >= 11 is 0. The summed E-state index contributed by atoms with van der Waals surface area (Å²) in [6.45, 7) is 4.31. The Balaban J connectivity index is 1.75. The van der Waals surface area contributed by atoms with Gasteiger partial charge in [0.1, 0.15) is 0 Å². The summed E-state index contributed by atoms with van der Waals surface area (Å²) in [5.41, 5.74) is 4.40. The van der Waals surface area contributed by atoms with Crippen molar-refractivity contribution >= 4 is 20.8 Å². The highest BCUT2D eigenvalue weighted by atomic mass is 32.2. The van der Waals surface area contributed by atoms with Gasteiger partial charge in [0.25, 0.3) is 0 Å². The molecule has 0 amide bonds. The maximum atomic E-state index is 12.9. The number of aryl methyl sites for hydroxylation is 2. The summed E-state index contributed by atoms with van der Waals surface area (Å²) in [4.78, 5) is 0.286. The van der Waals surface area contributed by atoms with Gasteiger partial charge in [0.15, 0.2) is 0 Å². The Bertz CT molecular complexity index is 1260. The Morgan fingerprint density at radius 3 is 2.17 bits per heavy atom. The highest BCUT2D eigenvalue weighted by Gasteiger charge is 2.21. The Morgan fingerprint density at radius 1 is 0.767 bits per heavy atom. The molecule has 30 heavy (non-hydrogen) atoms. The van der Waals surface area contributed by atoms with Crippen LogP contribution in [0, 0.1) is 13.8 Å². The quantitative estimate of drug-likeness (QED) is 0.448. The number of nitrogens with one attached hydrogen (secondary N) is 1. The van der Waals surface area contributed by atoms with E-state index in [4.69, 9.17) is 0 Å². The molecule has 0 aliphatic heterocycles. The molecule has 0 aliphatic carbocycles. The van der Waals surface area contributed by atoms with Crippen molar-refractivity contribution in [2.75, 3.05) is 6.54 Å². The summed E-state index contributed by atoms with van der Waals surface area (Å²) in [6.07, 6.45) is 0. The molecule has 1 atom stereocenters. The highest BCUT2D eigenvalue weighted by Crippen LogP contribution is 2.32. The van der Waals surface area contributed by atoms with E-state index in [1.165, 1.54) is 0 Å². The van der Waals surface area contributed by atoms with Crippen LogP contribution in [0.5, 0.6) is 0 Å². The van der Waals surface area contributed by atoms with E-state index in [0.29, 0.717) is 0 Å². The Morgan fingerprint density at radius 2 is 1.43 bits per heavy atom. The number of hydrogen-bond acceptors (Lipinski definition) is 2. The summed E-state index contributed by atoms with van der Waals surface area (Å²) in [5.74, 6) is -0.101. The zero-order chi connectivity index (χ0) is 21.1. The van der Waals surface area contributed by atoms with Gasteiger partial charge in [-0.1, -0.05) is 90.0 Å². The fourth-order valence-electron chi connectivity index (χ4n) is 3.87. The van der Waals surface area contributed by atoms with Crippen molar-refractivity contribution in [1.82, 2.24) is 4.72 Å². The van der Waals surface area contributed by atoms with E-state index in [9.17, 15) is 8.42 Å². The van der Waals surface area contributed by atoms with Gasteiger partial charge in [-0.2, -0.15) is 0 Å². The lowest BCUT2D eigenvalue weighted by Crippen LogP contribution is -2.29. The van der Waals surface area contributed by atoms with E-state index in [1.54, 1.807) is 12.1 Å². The average molecular weight is 416 g/mol. The molecular formula is C26H25NO2S. The van der Waals surface area contributed by atoms with Crippen LogP contribution < -0.4 is 4.72 Å². The fourth-order valence-corrected chi connectivity index (χ4v) is 4.92. The SMILES string of the molecule is Cc1ccc(S(=O)(=O)NCC(c2ccccc2)c2cc(C)cc3ccccc23)cc1. The van der Waals surface area contributed by atoms with Gasteiger partial charge in [0.05, 0.1) is 4.90 Å². The molecule has 0 heterocycles. The molecule has 0 radical (unpaired) electrons. The molecule has 4 heteroatoms. The van der Waals surface area contributed by atoms with Crippen LogP contribution in [-0.2, 0) is 10.0 Å². The Labute approximate surface area is 178 Å². The van der Waals surface area contributed by atoms with Crippen LogP contribution in [0.3, 0.4) is 0 Å². The number of hydrogen-bond donors (Lipinski definition) is 1. The molecule has 4 aromatic rings. The normalized spacial score (nSPS) is 12.7. The Hall–Kier alpha value is -2.95. The topological polar surface area (TPSA) is 46.2 Å². The lowest BCUT2D eigenvalue weighted by molar-refractivity contribution is 0.577. The molecule has 152 valence electrons. The minimum atomic E-state index is -3.60. The molecule has 4 rings (SSSR count). The van der Waals surface area contributed by atoms with Crippen molar-refractivity contribution in [3.8, 4) is 0 Å². The van der Waals surface area contributed by atoms with Crippen molar-refractivity contribution in [3.63, 3.8) is 0 Å². The molecule has 0 saturated heterocycles. The van der Waals surface area contributed by atoms with E-state index in [-0.39, 0.29) is 17.4 Å². The first-order valence-electron chi connectivity index (χ1n) is 10.0. The molecule has 1 N–H and O–H groups in total. The molecule has 1 unspecified atom stereocenters. The van der Waals surface area contributed by atoms with E-state index in [0.717, 1.165) is 33.0 Å². The van der Waals surface area contributed by atoms with Gasteiger partial charge in [0.2, 0.25) is 10.0 Å². The van der Waals surface area contributed by atoms with Gasteiger partial charge in [-0.3, -0.25) is 0 Å². The van der Waals surface area contributed by atoms with Crippen LogP contribution in [0.25, 0.3) is 10.8 Å². The van der Waals surface area contributed by atoms with Crippen molar-refractivity contribution in [1.29, 1.82) is 0 Å². The van der Waals surface area contributed by atoms with Crippen LogP contribution in [0.4, 0.5) is 0 Å². The molecular weight excluding hydrogens is 390 g/mol. The predicted molar refractivity (Wildman–Crippen MR) is 123 cm³/mol. The van der Waals surface area contributed by atoms with E-state index in [2.05, 4.69) is 48.0 Å². The summed E-state index contributed by atoms with van der Waals surface area (Å²) in [7, 11) is -3.60. The van der Waals surface area contributed by atoms with Gasteiger partial charge < -0.3 is 0 Å². The van der Waals surface area contributed by atoms with Gasteiger partial charge in [-0.15, -0.1) is 0 Å². The number of fused-ring (bicyclic) bond motifs is 1. The first-order valence-corrected chi connectivity index (χ1v) is 11.5. The third kappa shape index (κ3) is 4.30. The van der Waals surface area contributed by atoms with Gasteiger partial charge in [-0.25, -0.2) is 13.1 Å². The molecule has 0 aliphatic rings. The van der Waals surface area contributed by atoms with Crippen LogP contribution in [-0.4, -0.2) is 15.0 Å². The smallest absolute Gasteiger partial charge is 0.210 e. The summed E-state index contributed by atoms with van der Waals surface area (Å²) in [5, 5.41) is 2.31. The van der Waals surface area contributed by atoms with Crippen molar-refractivity contribution in [2.45, 2.75) is 24.7 Å². The molecule has 0 bridgehead atoms. The molecule has 0 fully saturated rings. The number of rotatable bonds is 6. The lowest BCUT2D eigenvalue weighted by atomic mass is 9.87. The van der Waals surface area contributed by atoms with Crippen LogP contribution in [0.1, 0.15) is 28.2 Å². The average Bonchev–Trinajstić information content (AvgIpc) is 2.74. The minimum Gasteiger partial charge on any atom is -0.210 e. The van der Waals surface area contributed by atoms with Crippen LogP contribution >= 0.6 is 0 Å². The molecule has 3 nitrogen and oxygen atoms in total. The van der Waals surface area contributed by atoms with Crippen molar-refractivity contribution in [2.24, 2.45) is 0 Å². The number of benzene rings is 4. The van der Waals surface area contributed by atoms with E-state index in [1.807, 2.05) is 49.4 Å². The minimum absolute atomic E-state index is 0.101.